The first-order valence-corrected chi connectivity index (χ1v) is 11.7. The molecule has 3 aliphatic rings. The molecule has 0 N–H and O–H groups in total. The topological polar surface area (TPSA) is 80.8 Å². The summed E-state index contributed by atoms with van der Waals surface area (Å²) in [5, 5.41) is 0. The summed E-state index contributed by atoms with van der Waals surface area (Å²) in [6.45, 7) is 1.95. The van der Waals surface area contributed by atoms with Crippen molar-refractivity contribution in [2.24, 2.45) is 11.8 Å². The minimum absolute atomic E-state index is 0.255. The number of Topliss-reactive ketones (excluding diaryl/α,β-unsaturated/α-hetero) is 2. The van der Waals surface area contributed by atoms with E-state index in [1.807, 2.05) is 31.2 Å². The van der Waals surface area contributed by atoms with Gasteiger partial charge in [-0.2, -0.15) is 0 Å². The minimum atomic E-state index is -1.90. The van der Waals surface area contributed by atoms with Crippen molar-refractivity contribution in [3.8, 4) is 0 Å². The molecule has 0 amide bonds. The molecular formula is C27H18BrNO5. The molecule has 7 heteroatoms. The maximum Gasteiger partial charge on any atom is 0.320 e. The lowest BCUT2D eigenvalue weighted by Gasteiger charge is -2.39. The van der Waals surface area contributed by atoms with E-state index in [0.29, 0.717) is 5.69 Å². The van der Waals surface area contributed by atoms with Crippen molar-refractivity contribution in [1.29, 1.82) is 0 Å². The van der Waals surface area contributed by atoms with Crippen molar-refractivity contribution >= 4 is 45.1 Å². The third kappa shape index (κ3) is 2.56. The maximum absolute atomic E-state index is 14.1. The van der Waals surface area contributed by atoms with Gasteiger partial charge >= 0.3 is 11.9 Å². The van der Waals surface area contributed by atoms with Crippen LogP contribution in [-0.4, -0.2) is 29.0 Å². The fraction of sp³-hybridized carbons (Fsp3) is 0.185. The Morgan fingerprint density at radius 2 is 1.38 bits per heavy atom. The average Bonchev–Trinajstić information content (AvgIpc) is 3.39. The van der Waals surface area contributed by atoms with E-state index in [1.165, 1.54) is 0 Å². The molecule has 1 aliphatic carbocycles. The van der Waals surface area contributed by atoms with Gasteiger partial charge < -0.3 is 9.64 Å². The summed E-state index contributed by atoms with van der Waals surface area (Å²) in [6.07, 6.45) is 0. The fourth-order valence-corrected chi connectivity index (χ4v) is 6.03. The molecule has 2 heterocycles. The van der Waals surface area contributed by atoms with Crippen LogP contribution in [-0.2, 0) is 14.3 Å². The zero-order chi connectivity index (χ0) is 23.8. The number of carbonyl (C=O) groups excluding carboxylic acids is 4. The molecule has 2 fully saturated rings. The van der Waals surface area contributed by atoms with Crippen molar-refractivity contribution in [2.75, 3.05) is 4.90 Å². The lowest BCUT2D eigenvalue weighted by atomic mass is 9.76. The third-order valence-electron chi connectivity index (χ3n) is 7.17. The molecule has 0 bridgehead atoms. The van der Waals surface area contributed by atoms with E-state index in [0.717, 1.165) is 15.6 Å². The first-order chi connectivity index (χ1) is 16.4. The molecule has 2 saturated heterocycles. The molecule has 6 rings (SSSR count). The van der Waals surface area contributed by atoms with Gasteiger partial charge in [-0.3, -0.25) is 19.2 Å². The van der Waals surface area contributed by atoms with Gasteiger partial charge in [-0.15, -0.1) is 0 Å². The Morgan fingerprint density at radius 3 is 1.97 bits per heavy atom. The number of carbonyl (C=O) groups is 4. The number of nitrogens with zero attached hydrogens (tertiary/aromatic N) is 1. The molecule has 1 spiro atoms. The lowest BCUT2D eigenvalue weighted by molar-refractivity contribution is -0.154. The molecule has 3 atom stereocenters. The van der Waals surface area contributed by atoms with Crippen molar-refractivity contribution in [3.05, 3.63) is 99.5 Å². The second-order valence-corrected chi connectivity index (χ2v) is 9.83. The largest absolute Gasteiger partial charge is 0.393 e. The SMILES string of the molecule is Cc1ccc([C@H]2[C@@H]3C(=O)OC(=O)[C@H]3C3(C(=O)c4ccccc4C3=O)N2c2ccc(Br)cc2)cc1. The van der Waals surface area contributed by atoms with Crippen LogP contribution in [0.15, 0.2) is 77.3 Å². The number of halogens is 1. The van der Waals surface area contributed by atoms with Crippen LogP contribution in [0, 0.1) is 18.8 Å². The van der Waals surface area contributed by atoms with Crippen LogP contribution in [0.2, 0.25) is 0 Å². The Morgan fingerprint density at radius 1 is 0.794 bits per heavy atom. The highest BCUT2D eigenvalue weighted by atomic mass is 79.9. The first kappa shape index (κ1) is 21.0. The van der Waals surface area contributed by atoms with E-state index in [2.05, 4.69) is 15.9 Å². The maximum atomic E-state index is 14.1. The smallest absolute Gasteiger partial charge is 0.320 e. The Balaban J connectivity index is 1.68. The van der Waals surface area contributed by atoms with Crippen molar-refractivity contribution in [2.45, 2.75) is 18.5 Å². The Kier molecular flexibility index (Phi) is 4.45. The number of rotatable bonds is 2. The first-order valence-electron chi connectivity index (χ1n) is 10.9. The van der Waals surface area contributed by atoms with Crippen LogP contribution in [0.3, 0.4) is 0 Å². The molecule has 3 aromatic carbocycles. The molecule has 3 aromatic rings. The number of cyclic esters (lactones) is 2. The van der Waals surface area contributed by atoms with Crippen molar-refractivity contribution < 1.29 is 23.9 Å². The van der Waals surface area contributed by atoms with Crippen LogP contribution < -0.4 is 4.90 Å². The summed E-state index contributed by atoms with van der Waals surface area (Å²) in [5.74, 6) is -4.75. The number of benzene rings is 3. The number of anilines is 1. The highest BCUT2D eigenvalue weighted by molar-refractivity contribution is 9.10. The zero-order valence-corrected chi connectivity index (χ0v) is 19.6. The molecule has 0 saturated carbocycles. The number of esters is 2. The molecule has 34 heavy (non-hydrogen) atoms. The van der Waals surface area contributed by atoms with Gasteiger partial charge in [0.2, 0.25) is 0 Å². The summed E-state index contributed by atoms with van der Waals surface area (Å²) in [4.78, 5) is 56.2. The Labute approximate surface area is 203 Å². The molecule has 0 radical (unpaired) electrons. The number of fused-ring (bicyclic) bond motifs is 3. The molecule has 2 aliphatic heterocycles. The fourth-order valence-electron chi connectivity index (χ4n) is 5.76. The number of ketones is 2. The van der Waals surface area contributed by atoms with Crippen LogP contribution in [0.1, 0.15) is 37.9 Å². The summed E-state index contributed by atoms with van der Waals surface area (Å²) < 4.78 is 5.89. The summed E-state index contributed by atoms with van der Waals surface area (Å²) in [5.41, 5.74) is 0.923. The highest BCUT2D eigenvalue weighted by Crippen LogP contribution is 2.59. The number of hydrogen-bond acceptors (Lipinski definition) is 6. The lowest BCUT2D eigenvalue weighted by Crippen LogP contribution is -2.59. The predicted molar refractivity (Wildman–Crippen MR) is 126 cm³/mol. The van der Waals surface area contributed by atoms with E-state index in [1.54, 1.807) is 53.4 Å². The second-order valence-electron chi connectivity index (χ2n) is 8.92. The van der Waals surface area contributed by atoms with Crippen LogP contribution >= 0.6 is 15.9 Å². The van der Waals surface area contributed by atoms with Crippen LogP contribution in [0.25, 0.3) is 0 Å². The third-order valence-corrected chi connectivity index (χ3v) is 7.70. The van der Waals surface area contributed by atoms with Crippen LogP contribution in [0.5, 0.6) is 0 Å². The molecule has 168 valence electrons. The Bertz CT molecular complexity index is 1360. The molecular weight excluding hydrogens is 498 g/mol. The summed E-state index contributed by atoms with van der Waals surface area (Å²) >= 11 is 3.43. The Hall–Kier alpha value is -3.58. The summed E-state index contributed by atoms with van der Waals surface area (Å²) in [7, 11) is 0. The normalized spacial score (nSPS) is 24.5. The monoisotopic (exact) mass is 515 g/mol. The number of hydrogen-bond donors (Lipinski definition) is 0. The van der Waals surface area contributed by atoms with E-state index in [9.17, 15) is 19.2 Å². The number of aryl methyl sites for hydroxylation is 1. The van der Waals surface area contributed by atoms with Gasteiger partial charge in [0.05, 0.1) is 12.0 Å². The van der Waals surface area contributed by atoms with E-state index >= 15 is 0 Å². The standard InChI is InChI=1S/C27H18BrNO5/c1-14-6-8-15(9-7-14)22-20-21(26(33)34-25(20)32)27(29(22)17-12-10-16(28)11-13-17)23(30)18-4-2-3-5-19(18)24(27)31/h2-13,20-22H,1H3/t20-,21+,22+/m1/s1. The summed E-state index contributed by atoms with van der Waals surface area (Å²) in [6, 6.07) is 20.6. The van der Waals surface area contributed by atoms with Gasteiger partial charge in [0.25, 0.3) is 0 Å². The minimum Gasteiger partial charge on any atom is -0.393 e. The van der Waals surface area contributed by atoms with E-state index in [-0.39, 0.29) is 11.1 Å². The zero-order valence-electron chi connectivity index (χ0n) is 18.0. The van der Waals surface area contributed by atoms with Crippen molar-refractivity contribution in [3.63, 3.8) is 0 Å². The van der Waals surface area contributed by atoms with Crippen LogP contribution in [0.4, 0.5) is 5.69 Å². The second kappa shape index (κ2) is 7.21. The number of ether oxygens (including phenoxy) is 1. The van der Waals surface area contributed by atoms with Crippen molar-refractivity contribution in [1.82, 2.24) is 0 Å². The highest BCUT2D eigenvalue weighted by Gasteiger charge is 2.76. The quantitative estimate of drug-likeness (QED) is 0.370. The van der Waals surface area contributed by atoms with Gasteiger partial charge in [-0.25, -0.2) is 0 Å². The predicted octanol–water partition coefficient (Wildman–Crippen LogP) is 4.45. The molecule has 0 aromatic heterocycles. The average molecular weight is 516 g/mol. The van der Waals surface area contributed by atoms with Gasteiger partial charge in [0.1, 0.15) is 5.92 Å². The molecule has 0 unspecified atom stereocenters. The molecule has 6 nitrogen and oxygen atoms in total. The van der Waals surface area contributed by atoms with Gasteiger partial charge in [0, 0.05) is 21.3 Å². The van der Waals surface area contributed by atoms with Gasteiger partial charge in [-0.1, -0.05) is 70.0 Å². The van der Waals surface area contributed by atoms with E-state index in [4.69, 9.17) is 4.74 Å². The van der Waals surface area contributed by atoms with E-state index < -0.39 is 46.9 Å². The van der Waals surface area contributed by atoms with Gasteiger partial charge in [0.15, 0.2) is 17.1 Å². The van der Waals surface area contributed by atoms with Gasteiger partial charge in [-0.05, 0) is 36.8 Å².